The first-order valence-electron chi connectivity index (χ1n) is 12.0. The second-order valence-corrected chi connectivity index (χ2v) is 9.57. The lowest BCUT2D eigenvalue weighted by Crippen LogP contribution is -2.39. The average molecular weight is 546 g/mol. The number of methoxy groups -OCH3 is 1. The molecule has 0 amide bonds. The van der Waals surface area contributed by atoms with E-state index in [0.29, 0.717) is 37.7 Å². The van der Waals surface area contributed by atoms with E-state index >= 15 is 0 Å². The van der Waals surface area contributed by atoms with Crippen LogP contribution >= 0.6 is 11.3 Å². The number of allylic oxidation sites excluding steroid dienone is 1. The molecule has 0 N–H and O–H groups in total. The van der Waals surface area contributed by atoms with Crippen LogP contribution in [0.3, 0.4) is 0 Å². The number of ether oxygens (including phenoxy) is 2. The molecule has 4 aromatic rings. The molecular formula is C28H23N3O7S. The first-order valence-corrected chi connectivity index (χ1v) is 12.8. The van der Waals surface area contributed by atoms with Crippen molar-refractivity contribution in [2.45, 2.75) is 19.9 Å². The Bertz CT molecular complexity index is 1800. The van der Waals surface area contributed by atoms with E-state index in [1.165, 1.54) is 35.1 Å². The molecule has 3 heterocycles. The van der Waals surface area contributed by atoms with Crippen LogP contribution in [0.5, 0.6) is 5.75 Å². The van der Waals surface area contributed by atoms with Gasteiger partial charge in [0.15, 0.2) is 4.80 Å². The zero-order valence-corrected chi connectivity index (χ0v) is 22.1. The van der Waals surface area contributed by atoms with E-state index in [-0.39, 0.29) is 23.6 Å². The molecule has 1 atom stereocenters. The number of carbonyl (C=O) groups excluding carboxylic acids is 1. The van der Waals surface area contributed by atoms with Crippen LogP contribution in [0, 0.1) is 10.1 Å². The van der Waals surface area contributed by atoms with Gasteiger partial charge in [0.25, 0.3) is 11.2 Å². The van der Waals surface area contributed by atoms with Gasteiger partial charge in [0, 0.05) is 12.1 Å². The summed E-state index contributed by atoms with van der Waals surface area (Å²) in [5.74, 6) is 0.584. The summed E-state index contributed by atoms with van der Waals surface area (Å²) in [4.78, 5) is 42.3. The SMILES string of the molecule is CCOC(=O)C1=C(C)N=c2s/c(=C\c3ccc(-c4ccc([N+](=O)[O-])cc4OC)o3)c(=O)n2[C@H]1c1ccccc1. The highest BCUT2D eigenvalue weighted by Gasteiger charge is 2.33. The standard InChI is InChI=1S/C28H23N3O7S/c1-4-37-27(33)24-16(2)29-28-30(25(24)17-8-6-5-7-9-17)26(32)23(39-28)15-19-11-13-21(38-19)20-12-10-18(31(34)35)14-22(20)36-3/h5-15,25H,4H2,1-3H3/b23-15-/t25-/m0/s1. The van der Waals surface area contributed by atoms with E-state index < -0.39 is 16.9 Å². The maximum atomic E-state index is 13.7. The number of aromatic nitrogens is 1. The number of nitro benzene ring substituents is 1. The number of esters is 1. The number of nitro groups is 1. The third-order valence-corrected chi connectivity index (χ3v) is 7.18. The van der Waals surface area contributed by atoms with Crippen LogP contribution in [0.2, 0.25) is 0 Å². The van der Waals surface area contributed by atoms with Crippen molar-refractivity contribution in [1.82, 2.24) is 4.57 Å². The summed E-state index contributed by atoms with van der Waals surface area (Å²) in [6, 6.07) is 16.2. The molecule has 2 aromatic carbocycles. The van der Waals surface area contributed by atoms with E-state index in [4.69, 9.17) is 13.9 Å². The van der Waals surface area contributed by atoms with E-state index in [9.17, 15) is 19.7 Å². The van der Waals surface area contributed by atoms with Gasteiger partial charge in [-0.15, -0.1) is 0 Å². The monoisotopic (exact) mass is 545 g/mol. The fourth-order valence-corrected chi connectivity index (χ4v) is 5.47. The fraction of sp³-hybridized carbons (Fsp3) is 0.179. The van der Waals surface area contributed by atoms with Crippen molar-refractivity contribution in [3.05, 3.63) is 113 Å². The molecule has 0 aliphatic carbocycles. The van der Waals surface area contributed by atoms with Crippen LogP contribution in [-0.4, -0.2) is 29.2 Å². The topological polar surface area (TPSA) is 126 Å². The largest absolute Gasteiger partial charge is 0.496 e. The second-order valence-electron chi connectivity index (χ2n) is 8.56. The molecule has 0 fully saturated rings. The molecule has 0 radical (unpaired) electrons. The number of carbonyl (C=O) groups is 1. The summed E-state index contributed by atoms with van der Waals surface area (Å²) in [7, 11) is 1.42. The van der Waals surface area contributed by atoms with Gasteiger partial charge in [0.1, 0.15) is 17.3 Å². The molecule has 39 heavy (non-hydrogen) atoms. The normalized spacial score (nSPS) is 15.1. The molecule has 0 saturated heterocycles. The maximum absolute atomic E-state index is 13.7. The molecule has 1 aliphatic rings. The number of furan rings is 1. The molecule has 0 saturated carbocycles. The Morgan fingerprint density at radius 3 is 2.67 bits per heavy atom. The first-order chi connectivity index (χ1) is 18.8. The maximum Gasteiger partial charge on any atom is 0.338 e. The Balaban J connectivity index is 1.60. The molecule has 10 nitrogen and oxygen atoms in total. The molecule has 0 bridgehead atoms. The minimum absolute atomic E-state index is 0.103. The van der Waals surface area contributed by atoms with Gasteiger partial charge in [-0.3, -0.25) is 19.5 Å². The number of nitrogens with zero attached hydrogens (tertiary/aromatic N) is 3. The van der Waals surface area contributed by atoms with E-state index in [1.54, 1.807) is 38.1 Å². The molecule has 1 aliphatic heterocycles. The van der Waals surface area contributed by atoms with Gasteiger partial charge in [-0.1, -0.05) is 41.7 Å². The first kappa shape index (κ1) is 25.9. The molecule has 2 aromatic heterocycles. The zero-order valence-electron chi connectivity index (χ0n) is 21.2. The Morgan fingerprint density at radius 2 is 1.97 bits per heavy atom. The number of benzene rings is 2. The summed E-state index contributed by atoms with van der Waals surface area (Å²) in [5.41, 5.74) is 1.66. The van der Waals surface area contributed by atoms with Gasteiger partial charge in [-0.05, 0) is 37.6 Å². The Kier molecular flexibility index (Phi) is 6.99. The van der Waals surface area contributed by atoms with Gasteiger partial charge in [0.2, 0.25) is 0 Å². The summed E-state index contributed by atoms with van der Waals surface area (Å²) >= 11 is 1.19. The lowest BCUT2D eigenvalue weighted by molar-refractivity contribution is -0.384. The summed E-state index contributed by atoms with van der Waals surface area (Å²) < 4.78 is 18.5. The Hall–Kier alpha value is -4.77. The van der Waals surface area contributed by atoms with Crippen molar-refractivity contribution < 1.29 is 23.6 Å². The summed E-state index contributed by atoms with van der Waals surface area (Å²) in [6.07, 6.45) is 1.61. The molecule has 11 heteroatoms. The highest BCUT2D eigenvalue weighted by Crippen LogP contribution is 2.34. The van der Waals surface area contributed by atoms with Gasteiger partial charge in [0.05, 0.1) is 52.1 Å². The molecule has 0 spiro atoms. The highest BCUT2D eigenvalue weighted by molar-refractivity contribution is 7.07. The van der Waals surface area contributed by atoms with Crippen LogP contribution in [-0.2, 0) is 9.53 Å². The van der Waals surface area contributed by atoms with Gasteiger partial charge < -0.3 is 13.9 Å². The summed E-state index contributed by atoms with van der Waals surface area (Å²) in [5, 5.41) is 11.1. The molecule has 198 valence electrons. The number of hydrogen-bond acceptors (Lipinski definition) is 9. The minimum atomic E-state index is -0.694. The van der Waals surface area contributed by atoms with E-state index in [2.05, 4.69) is 4.99 Å². The fourth-order valence-electron chi connectivity index (χ4n) is 4.44. The third-order valence-electron chi connectivity index (χ3n) is 6.19. The predicted octanol–water partition coefficient (Wildman–Crippen LogP) is 3.98. The highest BCUT2D eigenvalue weighted by atomic mass is 32.1. The van der Waals surface area contributed by atoms with Gasteiger partial charge in [-0.2, -0.15) is 0 Å². The van der Waals surface area contributed by atoms with Crippen LogP contribution in [0.4, 0.5) is 5.69 Å². The minimum Gasteiger partial charge on any atom is -0.496 e. The lowest BCUT2D eigenvalue weighted by atomic mass is 9.96. The van der Waals surface area contributed by atoms with Crippen molar-refractivity contribution in [2.24, 2.45) is 4.99 Å². The van der Waals surface area contributed by atoms with Crippen LogP contribution in [0.25, 0.3) is 17.4 Å². The second kappa shape index (κ2) is 10.5. The predicted molar refractivity (Wildman–Crippen MR) is 144 cm³/mol. The van der Waals surface area contributed by atoms with Crippen molar-refractivity contribution in [3.8, 4) is 17.1 Å². The number of non-ortho nitro benzene ring substituents is 1. The number of hydrogen-bond donors (Lipinski definition) is 0. The summed E-state index contributed by atoms with van der Waals surface area (Å²) in [6.45, 7) is 3.65. The third kappa shape index (κ3) is 4.79. The number of rotatable bonds is 7. The van der Waals surface area contributed by atoms with Crippen LogP contribution in [0.1, 0.15) is 31.2 Å². The van der Waals surface area contributed by atoms with E-state index in [1.807, 2.05) is 30.3 Å². The van der Waals surface area contributed by atoms with Crippen LogP contribution in [0.15, 0.2) is 86.1 Å². The van der Waals surface area contributed by atoms with Crippen molar-refractivity contribution in [3.63, 3.8) is 0 Å². The Labute approximate surface area is 225 Å². The van der Waals surface area contributed by atoms with Crippen molar-refractivity contribution in [2.75, 3.05) is 13.7 Å². The van der Waals surface area contributed by atoms with Gasteiger partial charge in [-0.25, -0.2) is 9.79 Å². The molecular weight excluding hydrogens is 522 g/mol. The smallest absolute Gasteiger partial charge is 0.338 e. The molecule has 0 unspecified atom stereocenters. The lowest BCUT2D eigenvalue weighted by Gasteiger charge is -2.24. The quantitative estimate of drug-likeness (QED) is 0.195. The number of thiazole rings is 1. The molecule has 5 rings (SSSR count). The van der Waals surface area contributed by atoms with Crippen LogP contribution < -0.4 is 19.6 Å². The average Bonchev–Trinajstić information content (AvgIpc) is 3.52. The van der Waals surface area contributed by atoms with E-state index in [0.717, 1.165) is 5.56 Å². The number of fused-ring (bicyclic) bond motifs is 1. The van der Waals surface area contributed by atoms with Gasteiger partial charge >= 0.3 is 5.97 Å². The Morgan fingerprint density at radius 1 is 1.21 bits per heavy atom. The zero-order chi connectivity index (χ0) is 27.7. The van der Waals surface area contributed by atoms with Crippen molar-refractivity contribution >= 4 is 29.1 Å². The van der Waals surface area contributed by atoms with Crippen molar-refractivity contribution in [1.29, 1.82) is 0 Å².